The molecule has 0 aliphatic heterocycles. The Morgan fingerprint density at radius 2 is 2.30 bits per heavy atom. The molecule has 0 radical (unpaired) electrons. The van der Waals surface area contributed by atoms with E-state index >= 15 is 0 Å². The maximum atomic E-state index is 4.63. The number of nitrogens with zero attached hydrogens (tertiary/aromatic N) is 2. The lowest BCUT2D eigenvalue weighted by Gasteiger charge is -2.00. The summed E-state index contributed by atoms with van der Waals surface area (Å²) in [5.41, 5.74) is 3.44. The molecule has 54 valence electrons. The highest BCUT2D eigenvalue weighted by Gasteiger charge is 1.90. The van der Waals surface area contributed by atoms with Gasteiger partial charge >= 0.3 is 0 Å². The Morgan fingerprint density at radius 1 is 1.50 bits per heavy atom. The van der Waals surface area contributed by atoms with Gasteiger partial charge in [0.1, 0.15) is 0 Å². The van der Waals surface area contributed by atoms with E-state index in [1.807, 2.05) is 6.92 Å². The highest BCUT2D eigenvalue weighted by atomic mass is 16.6. The molecule has 0 saturated heterocycles. The second kappa shape index (κ2) is 3.12. The topological polar surface area (TPSA) is 47.0 Å². The number of nitrogens with one attached hydrogen (secondary N) is 1. The monoisotopic (exact) mass is 139 g/mol. The molecule has 0 aromatic carbocycles. The largest absolute Gasteiger partial charge is 0.278 e. The number of aryl methyl sites for hydroxylation is 1. The molecule has 1 aromatic rings. The van der Waals surface area contributed by atoms with Crippen molar-refractivity contribution in [2.45, 2.75) is 6.92 Å². The standard InChI is InChI=1S/C6H9N3O/c1-5-3-7-4-6(8-5)9-10-2/h3-4H,1-2H3,(H,8,9). The SMILES string of the molecule is CONc1cncc(C)n1. The van der Waals surface area contributed by atoms with E-state index in [4.69, 9.17) is 0 Å². The van der Waals surface area contributed by atoms with E-state index < -0.39 is 0 Å². The summed E-state index contributed by atoms with van der Waals surface area (Å²) in [4.78, 5) is 12.6. The van der Waals surface area contributed by atoms with Gasteiger partial charge < -0.3 is 0 Å². The van der Waals surface area contributed by atoms with Crippen LogP contribution in [0.1, 0.15) is 5.69 Å². The first-order valence-electron chi connectivity index (χ1n) is 2.90. The van der Waals surface area contributed by atoms with Crippen molar-refractivity contribution < 1.29 is 4.84 Å². The van der Waals surface area contributed by atoms with Gasteiger partial charge in [0.2, 0.25) is 0 Å². The molecular weight excluding hydrogens is 130 g/mol. The van der Waals surface area contributed by atoms with Crippen LogP contribution >= 0.6 is 0 Å². The average Bonchev–Trinajstić information content (AvgIpc) is 1.88. The number of hydrogen-bond donors (Lipinski definition) is 1. The molecule has 0 amide bonds. The predicted octanol–water partition coefficient (Wildman–Crippen LogP) is 0.758. The van der Waals surface area contributed by atoms with E-state index in [9.17, 15) is 0 Å². The van der Waals surface area contributed by atoms with Crippen LogP contribution in [0.15, 0.2) is 12.4 Å². The van der Waals surface area contributed by atoms with Crippen molar-refractivity contribution in [1.82, 2.24) is 9.97 Å². The van der Waals surface area contributed by atoms with Gasteiger partial charge in [0, 0.05) is 6.20 Å². The smallest absolute Gasteiger partial charge is 0.168 e. The normalized spacial score (nSPS) is 9.40. The third kappa shape index (κ3) is 1.66. The first kappa shape index (κ1) is 6.95. The summed E-state index contributed by atoms with van der Waals surface area (Å²) in [5, 5.41) is 0. The second-order valence-corrected chi connectivity index (χ2v) is 1.85. The summed E-state index contributed by atoms with van der Waals surface area (Å²) in [5.74, 6) is 0.627. The maximum Gasteiger partial charge on any atom is 0.168 e. The molecule has 0 aliphatic rings. The molecule has 4 heteroatoms. The summed E-state index contributed by atoms with van der Waals surface area (Å²) in [6, 6.07) is 0. The highest BCUT2D eigenvalue weighted by Crippen LogP contribution is 1.99. The Balaban J connectivity index is 2.75. The number of aromatic nitrogens is 2. The summed E-state index contributed by atoms with van der Waals surface area (Å²) in [7, 11) is 1.53. The first-order chi connectivity index (χ1) is 4.83. The summed E-state index contributed by atoms with van der Waals surface area (Å²) < 4.78 is 0. The first-order valence-corrected chi connectivity index (χ1v) is 2.90. The minimum atomic E-state index is 0.627. The highest BCUT2D eigenvalue weighted by molar-refractivity contribution is 5.27. The zero-order valence-corrected chi connectivity index (χ0v) is 5.96. The van der Waals surface area contributed by atoms with Gasteiger partial charge in [-0.2, -0.15) is 0 Å². The molecule has 1 rings (SSSR count). The zero-order valence-electron chi connectivity index (χ0n) is 5.96. The van der Waals surface area contributed by atoms with Crippen molar-refractivity contribution >= 4 is 5.82 Å². The van der Waals surface area contributed by atoms with E-state index in [1.54, 1.807) is 12.4 Å². The van der Waals surface area contributed by atoms with Crippen LogP contribution in [-0.2, 0) is 4.84 Å². The predicted molar refractivity (Wildman–Crippen MR) is 37.4 cm³/mol. The Labute approximate surface area is 59.2 Å². The fourth-order valence-corrected chi connectivity index (χ4v) is 0.617. The van der Waals surface area contributed by atoms with Gasteiger partial charge in [-0.25, -0.2) is 10.5 Å². The molecule has 1 N–H and O–H groups in total. The molecule has 0 unspecified atom stereocenters. The Kier molecular flexibility index (Phi) is 2.17. The Bertz CT molecular complexity index is 214. The molecule has 0 bridgehead atoms. The van der Waals surface area contributed by atoms with Crippen LogP contribution in [-0.4, -0.2) is 17.1 Å². The van der Waals surface area contributed by atoms with Crippen LogP contribution in [0.25, 0.3) is 0 Å². The van der Waals surface area contributed by atoms with Gasteiger partial charge in [-0.15, -0.1) is 0 Å². The van der Waals surface area contributed by atoms with E-state index in [1.165, 1.54) is 7.11 Å². The van der Waals surface area contributed by atoms with E-state index in [0.717, 1.165) is 5.69 Å². The van der Waals surface area contributed by atoms with Crippen molar-refractivity contribution in [3.8, 4) is 0 Å². The number of rotatable bonds is 2. The van der Waals surface area contributed by atoms with Crippen molar-refractivity contribution in [3.63, 3.8) is 0 Å². The van der Waals surface area contributed by atoms with Gasteiger partial charge in [0.15, 0.2) is 5.82 Å². The van der Waals surface area contributed by atoms with Crippen LogP contribution < -0.4 is 5.48 Å². The van der Waals surface area contributed by atoms with Crippen LogP contribution in [0.4, 0.5) is 5.82 Å². The summed E-state index contributed by atoms with van der Waals surface area (Å²) in [6.45, 7) is 1.87. The molecule has 0 atom stereocenters. The van der Waals surface area contributed by atoms with E-state index in [-0.39, 0.29) is 0 Å². The minimum absolute atomic E-state index is 0.627. The fraction of sp³-hybridized carbons (Fsp3) is 0.333. The molecule has 0 aliphatic carbocycles. The lowest BCUT2D eigenvalue weighted by atomic mass is 10.5. The number of anilines is 1. The van der Waals surface area contributed by atoms with Gasteiger partial charge in [0.25, 0.3) is 0 Å². The third-order valence-corrected chi connectivity index (χ3v) is 0.962. The minimum Gasteiger partial charge on any atom is -0.278 e. The molecule has 10 heavy (non-hydrogen) atoms. The van der Waals surface area contributed by atoms with Crippen LogP contribution in [0.3, 0.4) is 0 Å². The molecule has 4 nitrogen and oxygen atoms in total. The maximum absolute atomic E-state index is 4.63. The molecule has 0 fully saturated rings. The van der Waals surface area contributed by atoms with E-state index in [0.29, 0.717) is 5.82 Å². The fourth-order valence-electron chi connectivity index (χ4n) is 0.617. The molecule has 0 spiro atoms. The van der Waals surface area contributed by atoms with Crippen molar-refractivity contribution in [2.75, 3.05) is 12.6 Å². The Hall–Kier alpha value is -1.16. The summed E-state index contributed by atoms with van der Waals surface area (Å²) in [6.07, 6.45) is 3.28. The van der Waals surface area contributed by atoms with Crippen LogP contribution in [0.5, 0.6) is 0 Å². The zero-order chi connectivity index (χ0) is 7.40. The molecule has 1 aromatic heterocycles. The van der Waals surface area contributed by atoms with Crippen molar-refractivity contribution in [2.24, 2.45) is 0 Å². The lowest BCUT2D eigenvalue weighted by molar-refractivity contribution is 0.269. The Morgan fingerprint density at radius 3 is 2.90 bits per heavy atom. The van der Waals surface area contributed by atoms with Gasteiger partial charge in [-0.1, -0.05) is 0 Å². The van der Waals surface area contributed by atoms with Crippen molar-refractivity contribution in [1.29, 1.82) is 0 Å². The second-order valence-electron chi connectivity index (χ2n) is 1.85. The van der Waals surface area contributed by atoms with Crippen molar-refractivity contribution in [3.05, 3.63) is 18.1 Å². The summed E-state index contributed by atoms with van der Waals surface area (Å²) >= 11 is 0. The number of hydrogen-bond acceptors (Lipinski definition) is 4. The van der Waals surface area contributed by atoms with Gasteiger partial charge in [-0.05, 0) is 6.92 Å². The molecule has 0 saturated carbocycles. The van der Waals surface area contributed by atoms with Gasteiger partial charge in [0.05, 0.1) is 19.0 Å². The lowest BCUT2D eigenvalue weighted by Crippen LogP contribution is -1.99. The van der Waals surface area contributed by atoms with Gasteiger partial charge in [-0.3, -0.25) is 9.82 Å². The quantitative estimate of drug-likeness (QED) is 0.614. The molecule has 1 heterocycles. The molecular formula is C6H9N3O. The van der Waals surface area contributed by atoms with Crippen LogP contribution in [0.2, 0.25) is 0 Å². The average molecular weight is 139 g/mol. The van der Waals surface area contributed by atoms with Crippen LogP contribution in [0, 0.1) is 6.92 Å². The third-order valence-electron chi connectivity index (χ3n) is 0.962. The van der Waals surface area contributed by atoms with E-state index in [2.05, 4.69) is 20.3 Å².